The van der Waals surface area contributed by atoms with Crippen LogP contribution in [0.2, 0.25) is 0 Å². The van der Waals surface area contributed by atoms with Crippen LogP contribution in [-0.4, -0.2) is 48.2 Å². The molecule has 138 valence electrons. The van der Waals surface area contributed by atoms with Gasteiger partial charge in [-0.15, -0.1) is 0 Å². The van der Waals surface area contributed by atoms with Crippen molar-refractivity contribution in [3.05, 3.63) is 36.1 Å². The molecule has 26 heavy (non-hydrogen) atoms. The fourth-order valence-electron chi connectivity index (χ4n) is 2.94. The van der Waals surface area contributed by atoms with Gasteiger partial charge in [-0.2, -0.15) is 0 Å². The van der Waals surface area contributed by atoms with E-state index >= 15 is 0 Å². The molecular formula is C18H22N4O4. The Morgan fingerprint density at radius 3 is 3.00 bits per heavy atom. The van der Waals surface area contributed by atoms with Crippen LogP contribution in [0.5, 0.6) is 5.75 Å². The minimum atomic E-state index is -0.183. The maximum absolute atomic E-state index is 12.2. The Labute approximate surface area is 151 Å². The fourth-order valence-corrected chi connectivity index (χ4v) is 2.94. The van der Waals surface area contributed by atoms with Crippen molar-refractivity contribution in [3.63, 3.8) is 0 Å². The summed E-state index contributed by atoms with van der Waals surface area (Å²) in [6.07, 6.45) is 0.759. The first-order valence-corrected chi connectivity index (χ1v) is 8.45. The molecule has 0 radical (unpaired) electrons. The molecule has 0 saturated carbocycles. The number of carbonyl (C=O) groups excluding carboxylic acids is 2. The molecule has 8 nitrogen and oxygen atoms in total. The van der Waals surface area contributed by atoms with Crippen molar-refractivity contribution in [2.45, 2.75) is 25.9 Å². The number of urea groups is 1. The predicted molar refractivity (Wildman–Crippen MR) is 94.5 cm³/mol. The molecule has 0 aliphatic carbocycles. The monoisotopic (exact) mass is 358 g/mol. The number of carbonyl (C=O) groups is 2. The number of aromatic nitrogens is 1. The standard InChI is InChI=1S/C18H22N4O4/c1-12(23)20-14-6-7-22(11-14)18(24)19-10-16-9-17(21-26-16)13-4-3-5-15(8-13)25-2/h3-5,8-9,14H,6-7,10-11H2,1-2H3,(H,19,24)(H,20,23). The molecule has 1 unspecified atom stereocenters. The molecule has 1 atom stereocenters. The van der Waals surface area contributed by atoms with E-state index in [1.54, 1.807) is 18.1 Å². The second kappa shape index (κ2) is 7.90. The minimum absolute atomic E-state index is 0.0168. The van der Waals surface area contributed by atoms with Crippen LogP contribution in [0.1, 0.15) is 19.1 Å². The minimum Gasteiger partial charge on any atom is -0.497 e. The van der Waals surface area contributed by atoms with Crippen molar-refractivity contribution < 1.29 is 18.8 Å². The molecule has 0 bridgehead atoms. The highest BCUT2D eigenvalue weighted by Gasteiger charge is 2.26. The third kappa shape index (κ3) is 4.33. The molecule has 0 spiro atoms. The van der Waals surface area contributed by atoms with E-state index in [0.29, 0.717) is 24.5 Å². The molecule has 1 saturated heterocycles. The molecule has 1 aromatic heterocycles. The van der Waals surface area contributed by atoms with Gasteiger partial charge in [-0.1, -0.05) is 17.3 Å². The Hall–Kier alpha value is -3.03. The Bertz CT molecular complexity index is 789. The zero-order valence-corrected chi connectivity index (χ0v) is 14.8. The van der Waals surface area contributed by atoms with Crippen molar-refractivity contribution in [1.29, 1.82) is 0 Å². The van der Waals surface area contributed by atoms with Gasteiger partial charge >= 0.3 is 6.03 Å². The first-order valence-electron chi connectivity index (χ1n) is 8.45. The molecule has 1 aliphatic rings. The number of methoxy groups -OCH3 is 1. The van der Waals surface area contributed by atoms with Gasteiger partial charge in [0.15, 0.2) is 5.76 Å². The maximum Gasteiger partial charge on any atom is 0.317 e. The van der Waals surface area contributed by atoms with Crippen molar-refractivity contribution in [1.82, 2.24) is 20.7 Å². The largest absolute Gasteiger partial charge is 0.497 e. The second-order valence-electron chi connectivity index (χ2n) is 6.20. The lowest BCUT2D eigenvalue weighted by Gasteiger charge is -2.17. The molecule has 2 N–H and O–H groups in total. The van der Waals surface area contributed by atoms with Crippen molar-refractivity contribution >= 4 is 11.9 Å². The number of benzene rings is 1. The van der Waals surface area contributed by atoms with E-state index in [9.17, 15) is 9.59 Å². The van der Waals surface area contributed by atoms with Gasteiger partial charge in [0.2, 0.25) is 5.91 Å². The summed E-state index contributed by atoms with van der Waals surface area (Å²) in [6.45, 7) is 2.85. The molecule has 3 amide bonds. The Morgan fingerprint density at radius 1 is 1.38 bits per heavy atom. The van der Waals surface area contributed by atoms with Gasteiger partial charge in [0.05, 0.1) is 13.7 Å². The normalized spacial score (nSPS) is 16.4. The number of amides is 3. The lowest BCUT2D eigenvalue weighted by atomic mass is 10.1. The van der Waals surface area contributed by atoms with E-state index in [-0.39, 0.29) is 24.5 Å². The summed E-state index contributed by atoms with van der Waals surface area (Å²) >= 11 is 0. The Balaban J connectivity index is 1.53. The fraction of sp³-hybridized carbons (Fsp3) is 0.389. The van der Waals surface area contributed by atoms with E-state index in [1.807, 2.05) is 24.3 Å². The van der Waals surface area contributed by atoms with E-state index in [0.717, 1.165) is 17.7 Å². The van der Waals surface area contributed by atoms with Crippen LogP contribution < -0.4 is 15.4 Å². The molecule has 2 heterocycles. The van der Waals surface area contributed by atoms with Crippen LogP contribution in [0, 0.1) is 0 Å². The summed E-state index contributed by atoms with van der Waals surface area (Å²) in [7, 11) is 1.61. The molecule has 2 aromatic rings. The average molecular weight is 358 g/mol. The van der Waals surface area contributed by atoms with Gasteiger partial charge in [-0.25, -0.2) is 4.79 Å². The summed E-state index contributed by atoms with van der Waals surface area (Å²) in [4.78, 5) is 25.0. The van der Waals surface area contributed by atoms with Crippen LogP contribution in [0.3, 0.4) is 0 Å². The third-order valence-corrected chi connectivity index (χ3v) is 4.22. The van der Waals surface area contributed by atoms with E-state index in [4.69, 9.17) is 9.26 Å². The van der Waals surface area contributed by atoms with Crippen molar-refractivity contribution in [3.8, 4) is 17.0 Å². The van der Waals surface area contributed by atoms with E-state index in [1.165, 1.54) is 6.92 Å². The summed E-state index contributed by atoms with van der Waals surface area (Å²) in [5.41, 5.74) is 1.56. The number of nitrogens with zero attached hydrogens (tertiary/aromatic N) is 2. The highest BCUT2D eigenvalue weighted by Crippen LogP contribution is 2.23. The SMILES string of the molecule is COc1cccc(-c2cc(CNC(=O)N3CCC(NC(C)=O)C3)on2)c1. The van der Waals surface area contributed by atoms with Gasteiger partial charge in [-0.3, -0.25) is 4.79 Å². The Morgan fingerprint density at radius 2 is 2.23 bits per heavy atom. The quantitative estimate of drug-likeness (QED) is 0.849. The zero-order chi connectivity index (χ0) is 18.5. The summed E-state index contributed by atoms with van der Waals surface area (Å²) in [5.74, 6) is 1.22. The van der Waals surface area contributed by atoms with Crippen LogP contribution in [0.25, 0.3) is 11.3 Å². The van der Waals surface area contributed by atoms with Gasteiger partial charge < -0.3 is 24.8 Å². The molecular weight excluding hydrogens is 336 g/mol. The Kier molecular flexibility index (Phi) is 5.40. The molecule has 8 heteroatoms. The number of ether oxygens (including phenoxy) is 1. The lowest BCUT2D eigenvalue weighted by Crippen LogP contribution is -2.41. The van der Waals surface area contributed by atoms with E-state index < -0.39 is 0 Å². The maximum atomic E-state index is 12.2. The van der Waals surface area contributed by atoms with Crippen molar-refractivity contribution in [2.24, 2.45) is 0 Å². The number of rotatable bonds is 5. The predicted octanol–water partition coefficient (Wildman–Crippen LogP) is 1.77. The summed E-state index contributed by atoms with van der Waals surface area (Å²) in [5, 5.41) is 9.69. The summed E-state index contributed by atoms with van der Waals surface area (Å²) < 4.78 is 10.5. The van der Waals surface area contributed by atoms with Crippen LogP contribution in [0.4, 0.5) is 4.79 Å². The number of hydrogen-bond donors (Lipinski definition) is 2. The number of hydrogen-bond acceptors (Lipinski definition) is 5. The molecule has 1 aliphatic heterocycles. The topological polar surface area (TPSA) is 96.7 Å². The smallest absolute Gasteiger partial charge is 0.317 e. The third-order valence-electron chi connectivity index (χ3n) is 4.22. The molecule has 3 rings (SSSR count). The van der Waals surface area contributed by atoms with Gasteiger partial charge in [0, 0.05) is 37.7 Å². The number of nitrogens with one attached hydrogen (secondary N) is 2. The lowest BCUT2D eigenvalue weighted by molar-refractivity contribution is -0.119. The van der Waals surface area contributed by atoms with Gasteiger partial charge in [0.25, 0.3) is 0 Å². The van der Waals surface area contributed by atoms with Crippen LogP contribution in [0.15, 0.2) is 34.9 Å². The second-order valence-corrected chi connectivity index (χ2v) is 6.20. The van der Waals surface area contributed by atoms with Crippen molar-refractivity contribution in [2.75, 3.05) is 20.2 Å². The zero-order valence-electron chi connectivity index (χ0n) is 14.8. The van der Waals surface area contributed by atoms with Crippen LogP contribution in [-0.2, 0) is 11.3 Å². The number of likely N-dealkylation sites (tertiary alicyclic amines) is 1. The average Bonchev–Trinajstić information content (AvgIpc) is 3.29. The van der Waals surface area contributed by atoms with Gasteiger partial charge in [-0.05, 0) is 18.6 Å². The van der Waals surface area contributed by atoms with Gasteiger partial charge in [0.1, 0.15) is 11.4 Å². The van der Waals surface area contributed by atoms with E-state index in [2.05, 4.69) is 15.8 Å². The summed E-state index contributed by atoms with van der Waals surface area (Å²) in [6, 6.07) is 9.14. The molecule has 1 aromatic carbocycles. The van der Waals surface area contributed by atoms with Crippen LogP contribution >= 0.6 is 0 Å². The first-order chi connectivity index (χ1) is 12.5. The first kappa shape index (κ1) is 17.8. The molecule has 1 fully saturated rings. The highest BCUT2D eigenvalue weighted by molar-refractivity contribution is 5.76. The highest BCUT2D eigenvalue weighted by atomic mass is 16.5.